The van der Waals surface area contributed by atoms with Crippen LogP contribution in [0.4, 0.5) is 0 Å². The van der Waals surface area contributed by atoms with Gasteiger partial charge in [-0.25, -0.2) is 0 Å². The van der Waals surface area contributed by atoms with E-state index in [1.54, 1.807) is 12.1 Å². The van der Waals surface area contributed by atoms with Crippen LogP contribution in [0, 0.1) is 0 Å². The van der Waals surface area contributed by atoms with Gasteiger partial charge in [0.1, 0.15) is 17.9 Å². The van der Waals surface area contributed by atoms with Gasteiger partial charge in [0.15, 0.2) is 0 Å². The number of carbonyl (C=O) groups is 1. The van der Waals surface area contributed by atoms with Crippen molar-refractivity contribution in [1.29, 1.82) is 0 Å². The number of nitrogens with two attached hydrogens (primary N) is 1. The fourth-order valence-electron chi connectivity index (χ4n) is 1.13. The number of hydrogen-bond acceptors (Lipinski definition) is 4. The fraction of sp³-hybridized carbons (Fsp3) is 0.222. The molecule has 1 rings (SSSR count). The minimum absolute atomic E-state index is 0.0763. The normalized spacial score (nSPS) is 14.6. The third-order valence-electron chi connectivity index (χ3n) is 1.95. The minimum atomic E-state index is -1.48. The molecule has 0 spiro atoms. The van der Waals surface area contributed by atoms with Crippen molar-refractivity contribution in [2.45, 2.75) is 12.1 Å². The standard InChI is InChI=1S/C9H10BrNO4/c10-4-2-1-3-5(12)6(4)8(13)7(11)9(14)15/h1-3,7-8,12-13H,11H2,(H,14,15). The Labute approximate surface area is 94.3 Å². The Balaban J connectivity index is 3.10. The number of phenols is 1. The summed E-state index contributed by atoms with van der Waals surface area (Å²) < 4.78 is 0.409. The maximum absolute atomic E-state index is 10.6. The molecule has 5 nitrogen and oxygen atoms in total. The van der Waals surface area contributed by atoms with Crippen molar-refractivity contribution in [2.75, 3.05) is 0 Å². The molecule has 0 amide bonds. The van der Waals surface area contributed by atoms with E-state index in [2.05, 4.69) is 15.9 Å². The van der Waals surface area contributed by atoms with Crippen LogP contribution in [0.3, 0.4) is 0 Å². The Morgan fingerprint density at radius 2 is 2.07 bits per heavy atom. The van der Waals surface area contributed by atoms with Crippen molar-refractivity contribution in [3.05, 3.63) is 28.2 Å². The van der Waals surface area contributed by atoms with Gasteiger partial charge in [-0.05, 0) is 12.1 Å². The number of carboxylic acids is 1. The van der Waals surface area contributed by atoms with Crippen LogP contribution in [0.25, 0.3) is 0 Å². The Kier molecular flexibility index (Phi) is 3.67. The summed E-state index contributed by atoms with van der Waals surface area (Å²) in [7, 11) is 0. The van der Waals surface area contributed by atoms with Gasteiger partial charge in [-0.2, -0.15) is 0 Å². The van der Waals surface area contributed by atoms with Gasteiger partial charge < -0.3 is 21.1 Å². The highest BCUT2D eigenvalue weighted by atomic mass is 79.9. The quantitative estimate of drug-likeness (QED) is 0.647. The number of benzene rings is 1. The molecule has 0 saturated carbocycles. The van der Waals surface area contributed by atoms with Crippen molar-refractivity contribution in [2.24, 2.45) is 5.73 Å². The van der Waals surface area contributed by atoms with Crippen molar-refractivity contribution in [1.82, 2.24) is 0 Å². The molecule has 0 aliphatic carbocycles. The molecule has 0 aliphatic rings. The van der Waals surface area contributed by atoms with Crippen molar-refractivity contribution in [3.8, 4) is 5.75 Å². The Hall–Kier alpha value is -1.11. The maximum Gasteiger partial charge on any atom is 0.323 e. The highest BCUT2D eigenvalue weighted by Crippen LogP contribution is 2.32. The van der Waals surface area contributed by atoms with E-state index in [0.717, 1.165) is 0 Å². The molecule has 6 heteroatoms. The second-order valence-corrected chi connectivity index (χ2v) is 3.84. The minimum Gasteiger partial charge on any atom is -0.508 e. The van der Waals surface area contributed by atoms with Gasteiger partial charge in [0.25, 0.3) is 0 Å². The summed E-state index contributed by atoms with van der Waals surface area (Å²) in [5.74, 6) is -1.54. The number of carboxylic acid groups (broad SMARTS) is 1. The Bertz CT molecular complexity index is 362. The van der Waals surface area contributed by atoms with Crippen LogP contribution in [0.1, 0.15) is 11.7 Å². The lowest BCUT2D eigenvalue weighted by Gasteiger charge is -2.17. The van der Waals surface area contributed by atoms with E-state index in [1.807, 2.05) is 0 Å². The SMILES string of the molecule is NC(C(=O)O)C(O)c1c(O)cccc1Br. The summed E-state index contributed by atoms with van der Waals surface area (Å²) in [4.78, 5) is 10.6. The molecule has 82 valence electrons. The van der Waals surface area contributed by atoms with Crippen LogP contribution < -0.4 is 5.73 Å². The number of aromatic hydroxyl groups is 1. The molecule has 15 heavy (non-hydrogen) atoms. The van der Waals surface area contributed by atoms with E-state index < -0.39 is 18.1 Å². The third-order valence-corrected chi connectivity index (χ3v) is 2.64. The number of rotatable bonds is 3. The molecule has 0 radical (unpaired) electrons. The molecule has 1 aromatic rings. The van der Waals surface area contributed by atoms with Crippen LogP contribution in [-0.4, -0.2) is 27.3 Å². The highest BCUT2D eigenvalue weighted by Gasteiger charge is 2.27. The smallest absolute Gasteiger partial charge is 0.323 e. The van der Waals surface area contributed by atoms with E-state index in [4.69, 9.17) is 10.8 Å². The van der Waals surface area contributed by atoms with Gasteiger partial charge in [0.05, 0.1) is 0 Å². The molecule has 0 saturated heterocycles. The van der Waals surface area contributed by atoms with Crippen molar-refractivity contribution < 1.29 is 20.1 Å². The number of aliphatic hydroxyl groups excluding tert-OH is 1. The van der Waals surface area contributed by atoms with Crippen LogP contribution in [-0.2, 0) is 4.79 Å². The number of hydrogen-bond donors (Lipinski definition) is 4. The molecule has 1 aromatic carbocycles. The van der Waals surface area contributed by atoms with E-state index in [1.165, 1.54) is 6.07 Å². The van der Waals surface area contributed by atoms with E-state index >= 15 is 0 Å². The van der Waals surface area contributed by atoms with E-state index in [-0.39, 0.29) is 11.3 Å². The molecule has 2 unspecified atom stereocenters. The van der Waals surface area contributed by atoms with Crippen LogP contribution in [0.15, 0.2) is 22.7 Å². The molecule has 5 N–H and O–H groups in total. The number of halogens is 1. The second-order valence-electron chi connectivity index (χ2n) is 2.98. The van der Waals surface area contributed by atoms with Gasteiger partial charge in [0, 0.05) is 10.0 Å². The lowest BCUT2D eigenvalue weighted by molar-refractivity contribution is -0.141. The van der Waals surface area contributed by atoms with Gasteiger partial charge in [-0.1, -0.05) is 22.0 Å². The van der Waals surface area contributed by atoms with Gasteiger partial charge >= 0.3 is 5.97 Å². The van der Waals surface area contributed by atoms with Crippen molar-refractivity contribution >= 4 is 21.9 Å². The van der Waals surface area contributed by atoms with Crippen molar-refractivity contribution in [3.63, 3.8) is 0 Å². The summed E-state index contributed by atoms with van der Waals surface area (Å²) >= 11 is 3.10. The zero-order valence-electron chi connectivity index (χ0n) is 7.59. The molecule has 0 bridgehead atoms. The average Bonchev–Trinajstić information content (AvgIpc) is 2.15. The fourth-order valence-corrected chi connectivity index (χ4v) is 1.72. The second kappa shape index (κ2) is 4.61. The summed E-state index contributed by atoms with van der Waals surface area (Å²) in [6.07, 6.45) is -1.46. The monoisotopic (exact) mass is 275 g/mol. The molecule has 0 fully saturated rings. The van der Waals surface area contributed by atoms with Crippen LogP contribution in [0.5, 0.6) is 5.75 Å². The first kappa shape index (κ1) is 12.0. The predicted molar refractivity (Wildman–Crippen MR) is 56.4 cm³/mol. The number of phenolic OH excluding ortho intramolecular Hbond substituents is 1. The first-order valence-electron chi connectivity index (χ1n) is 4.09. The first-order valence-corrected chi connectivity index (χ1v) is 4.88. The zero-order valence-corrected chi connectivity index (χ0v) is 9.18. The first-order chi connectivity index (χ1) is 6.95. The molecular weight excluding hydrogens is 266 g/mol. The summed E-state index contributed by atoms with van der Waals surface area (Å²) in [5.41, 5.74) is 5.32. The molecule has 0 heterocycles. The highest BCUT2D eigenvalue weighted by molar-refractivity contribution is 9.10. The van der Waals surface area contributed by atoms with Crippen LogP contribution >= 0.6 is 15.9 Å². The maximum atomic E-state index is 10.6. The topological polar surface area (TPSA) is 104 Å². The van der Waals surface area contributed by atoms with Crippen LogP contribution in [0.2, 0.25) is 0 Å². The summed E-state index contributed by atoms with van der Waals surface area (Å²) in [5, 5.41) is 27.7. The Morgan fingerprint density at radius 3 is 2.53 bits per heavy atom. The Morgan fingerprint density at radius 1 is 1.47 bits per heavy atom. The lowest BCUT2D eigenvalue weighted by Crippen LogP contribution is -2.36. The molecular formula is C9H10BrNO4. The molecule has 2 atom stereocenters. The van der Waals surface area contributed by atoms with E-state index in [0.29, 0.717) is 4.47 Å². The van der Waals surface area contributed by atoms with Gasteiger partial charge in [-0.15, -0.1) is 0 Å². The van der Waals surface area contributed by atoms with E-state index in [9.17, 15) is 15.0 Å². The molecule has 0 aliphatic heterocycles. The zero-order chi connectivity index (χ0) is 11.6. The molecule has 0 aromatic heterocycles. The average molecular weight is 276 g/mol. The summed E-state index contributed by atoms with van der Waals surface area (Å²) in [6.45, 7) is 0. The largest absolute Gasteiger partial charge is 0.508 e. The van der Waals surface area contributed by atoms with Gasteiger partial charge in [0.2, 0.25) is 0 Å². The third kappa shape index (κ3) is 2.47. The predicted octanol–water partition coefficient (Wildman–Crippen LogP) is 0.600. The lowest BCUT2D eigenvalue weighted by atomic mass is 10.0. The van der Waals surface area contributed by atoms with Gasteiger partial charge in [-0.3, -0.25) is 4.79 Å². The number of aliphatic hydroxyl groups is 1. The summed E-state index contributed by atoms with van der Waals surface area (Å²) in [6, 6.07) is 3.00. The number of aliphatic carboxylic acids is 1.